The van der Waals surface area contributed by atoms with E-state index in [1.165, 1.54) is 141 Å². The third kappa shape index (κ3) is 23.3. The SMILES string of the molecule is CCCCCCCCCCCCCCCCC(=O)OCn1cc2c(n1)C(C)=CC(C)(C[C@@H](NC(=O)N1CCC(c3cc4ccccc4n(COC(=O)CCCCCCCCCCCCCCCC)c3=O)CC1)C(=O)N1CCN(C3CCN(C)CC3)CC1)C2. The first-order chi connectivity index (χ1) is 42.8. The van der Waals surface area contributed by atoms with Gasteiger partial charge in [0.15, 0.2) is 13.5 Å². The number of piperazine rings is 1. The van der Waals surface area contributed by atoms with E-state index in [1.807, 2.05) is 41.4 Å². The van der Waals surface area contributed by atoms with Crippen LogP contribution in [-0.2, 0) is 43.7 Å². The molecule has 492 valence electrons. The summed E-state index contributed by atoms with van der Waals surface area (Å²) in [6.45, 7) is 14.6. The highest BCUT2D eigenvalue weighted by Gasteiger charge is 2.40. The second kappa shape index (κ2) is 38.6. The van der Waals surface area contributed by atoms with Crippen LogP contribution in [-0.4, -0.2) is 129 Å². The molecule has 15 heteroatoms. The number of nitrogens with zero attached hydrogens (tertiary/aromatic N) is 7. The fourth-order valence-corrected chi connectivity index (χ4v) is 14.5. The van der Waals surface area contributed by atoms with Crippen LogP contribution in [0.4, 0.5) is 4.79 Å². The summed E-state index contributed by atoms with van der Waals surface area (Å²) < 4.78 is 14.9. The molecule has 3 fully saturated rings. The first kappa shape index (κ1) is 70.4. The molecule has 7 rings (SSSR count). The molecular formula is C73H118N8O7. The highest BCUT2D eigenvalue weighted by atomic mass is 16.5. The maximum absolute atomic E-state index is 14.9. The minimum absolute atomic E-state index is 0.0530. The van der Waals surface area contributed by atoms with Gasteiger partial charge in [0.05, 0.1) is 11.2 Å². The largest absolute Gasteiger partial charge is 0.444 e. The number of hydrogen-bond donors (Lipinski definition) is 1. The van der Waals surface area contributed by atoms with Gasteiger partial charge in [-0.1, -0.05) is 212 Å². The predicted molar refractivity (Wildman–Crippen MR) is 357 cm³/mol. The molecule has 0 saturated carbocycles. The molecule has 1 unspecified atom stereocenters. The molecule has 3 amide bonds. The molecule has 0 radical (unpaired) electrons. The van der Waals surface area contributed by atoms with E-state index in [2.05, 4.69) is 55.9 Å². The smallest absolute Gasteiger partial charge is 0.318 e. The number of unbranched alkanes of at least 4 members (excludes halogenated alkanes) is 26. The summed E-state index contributed by atoms with van der Waals surface area (Å²) in [5.41, 5.74) is 3.64. The number of hydrogen-bond acceptors (Lipinski definition) is 10. The predicted octanol–water partition coefficient (Wildman–Crippen LogP) is 15.5. The lowest BCUT2D eigenvalue weighted by Crippen LogP contribution is -2.59. The zero-order valence-electron chi connectivity index (χ0n) is 55.8. The Bertz CT molecular complexity index is 2640. The maximum Gasteiger partial charge on any atom is 0.318 e. The first-order valence-corrected chi connectivity index (χ1v) is 35.8. The summed E-state index contributed by atoms with van der Waals surface area (Å²) in [5, 5.41) is 9.05. The quantitative estimate of drug-likeness (QED) is 0.0430. The van der Waals surface area contributed by atoms with Gasteiger partial charge in [0.1, 0.15) is 6.04 Å². The van der Waals surface area contributed by atoms with Gasteiger partial charge in [-0.05, 0) is 118 Å². The molecule has 4 aliphatic rings. The molecule has 0 spiro atoms. The summed E-state index contributed by atoms with van der Waals surface area (Å²) in [6, 6.07) is 9.23. The molecule has 15 nitrogen and oxygen atoms in total. The summed E-state index contributed by atoms with van der Waals surface area (Å²) in [5.74, 6) is -0.632. The molecule has 3 aromatic rings. The van der Waals surface area contributed by atoms with E-state index in [4.69, 9.17) is 14.6 Å². The minimum Gasteiger partial charge on any atom is -0.444 e. The number of pyridine rings is 1. The number of nitrogens with one attached hydrogen (secondary N) is 1. The van der Waals surface area contributed by atoms with Crippen molar-refractivity contribution >= 4 is 40.4 Å². The van der Waals surface area contributed by atoms with Gasteiger partial charge in [0, 0.05) is 69.9 Å². The monoisotopic (exact) mass is 1220 g/mol. The number of amides is 3. The summed E-state index contributed by atoms with van der Waals surface area (Å²) in [6.07, 6.45) is 44.7. The molecule has 0 bridgehead atoms. The number of likely N-dealkylation sites (tertiary alicyclic amines) is 2. The number of benzene rings is 1. The number of rotatable bonds is 40. The Morgan fingerprint density at radius 3 is 1.66 bits per heavy atom. The number of piperidine rings is 2. The minimum atomic E-state index is -0.772. The van der Waals surface area contributed by atoms with E-state index in [9.17, 15) is 24.0 Å². The summed E-state index contributed by atoms with van der Waals surface area (Å²) >= 11 is 0. The lowest BCUT2D eigenvalue weighted by atomic mass is 9.73. The zero-order chi connectivity index (χ0) is 62.4. The normalized spacial score (nSPS) is 18.4. The van der Waals surface area contributed by atoms with E-state index in [0.717, 1.165) is 105 Å². The van der Waals surface area contributed by atoms with E-state index in [-0.39, 0.29) is 48.8 Å². The van der Waals surface area contributed by atoms with Crippen LogP contribution in [0.25, 0.3) is 16.5 Å². The Labute approximate surface area is 530 Å². The van der Waals surface area contributed by atoms with E-state index in [1.54, 1.807) is 14.1 Å². The van der Waals surface area contributed by atoms with E-state index < -0.39 is 11.5 Å². The van der Waals surface area contributed by atoms with Gasteiger partial charge in [0.25, 0.3) is 5.56 Å². The van der Waals surface area contributed by atoms with Gasteiger partial charge in [-0.3, -0.25) is 28.6 Å². The van der Waals surface area contributed by atoms with Crippen LogP contribution in [0.15, 0.2) is 47.4 Å². The third-order valence-corrected chi connectivity index (χ3v) is 19.9. The average Bonchev–Trinajstić information content (AvgIpc) is 1.55. The molecule has 2 aromatic heterocycles. The number of urea groups is 1. The van der Waals surface area contributed by atoms with Crippen molar-refractivity contribution in [3.63, 3.8) is 0 Å². The molecule has 88 heavy (non-hydrogen) atoms. The molecule has 1 N–H and O–H groups in total. The van der Waals surface area contributed by atoms with Crippen molar-refractivity contribution < 1.29 is 28.7 Å². The standard InChI is InChI=1S/C73H118N8O7/c1-6-8-10-12-14-16-18-20-22-24-26-28-30-32-38-67(82)87-57-80-56-62-54-73(4,53-59(3)69(62)75-80)55-65(71(85)78-50-48-77(49-51-78)63-42-44-76(5)45-43-63)74-72(86)79-46-40-60(41-47-79)64-52-61-36-34-35-37-66(61)81(70(64)84)58-88-68(83)39-33-31-29-27-25-23-21-19-17-15-13-11-9-7-2/h34-37,52-53,56,60,63,65H,6-33,38-51,54-55,57-58H2,1-5H3,(H,74,86)/t65-,73?/m1/s1. The van der Waals surface area contributed by atoms with E-state index in [0.29, 0.717) is 76.3 Å². The fourth-order valence-electron chi connectivity index (χ4n) is 14.5. The number of esters is 2. The average molecular weight is 1220 g/mol. The van der Waals surface area contributed by atoms with Crippen molar-refractivity contribution in [1.82, 2.24) is 39.3 Å². The van der Waals surface area contributed by atoms with Gasteiger partial charge < -0.3 is 29.5 Å². The van der Waals surface area contributed by atoms with Gasteiger partial charge in [-0.15, -0.1) is 0 Å². The molecule has 1 aromatic carbocycles. The van der Waals surface area contributed by atoms with Crippen molar-refractivity contribution in [2.24, 2.45) is 5.41 Å². The lowest BCUT2D eigenvalue weighted by Gasteiger charge is -2.43. The molecule has 3 saturated heterocycles. The number of para-hydroxylation sites is 1. The number of carbonyl (C=O) groups is 4. The highest BCUT2D eigenvalue weighted by molar-refractivity contribution is 5.87. The van der Waals surface area contributed by atoms with Gasteiger partial charge >= 0.3 is 18.0 Å². The van der Waals surface area contributed by atoms with Crippen LogP contribution in [0.2, 0.25) is 0 Å². The van der Waals surface area contributed by atoms with Crippen LogP contribution in [0.1, 0.15) is 275 Å². The second-order valence-corrected chi connectivity index (χ2v) is 27.4. The molecule has 1 aliphatic carbocycles. The third-order valence-electron chi connectivity index (χ3n) is 19.9. The summed E-state index contributed by atoms with van der Waals surface area (Å²) in [7, 11) is 2.19. The Morgan fingerprint density at radius 2 is 1.12 bits per heavy atom. The van der Waals surface area contributed by atoms with E-state index >= 15 is 0 Å². The van der Waals surface area contributed by atoms with Crippen molar-refractivity contribution in [2.75, 3.05) is 59.4 Å². The molecule has 5 heterocycles. The van der Waals surface area contributed by atoms with Crippen LogP contribution < -0.4 is 10.9 Å². The number of ether oxygens (including phenoxy) is 2. The van der Waals surface area contributed by atoms with Crippen molar-refractivity contribution in [3.8, 4) is 0 Å². The van der Waals surface area contributed by atoms with Crippen LogP contribution in [0.3, 0.4) is 0 Å². The number of carbonyl (C=O) groups excluding carboxylic acids is 4. The number of allylic oxidation sites excluding steroid dienone is 2. The Hall–Kier alpha value is -5.02. The molecule has 2 atom stereocenters. The lowest BCUT2D eigenvalue weighted by molar-refractivity contribution is -0.148. The van der Waals surface area contributed by atoms with Crippen molar-refractivity contribution in [1.29, 1.82) is 0 Å². The second-order valence-electron chi connectivity index (χ2n) is 27.4. The summed E-state index contributed by atoms with van der Waals surface area (Å²) in [4.78, 5) is 78.5. The molecule has 3 aliphatic heterocycles. The van der Waals surface area contributed by atoms with Crippen molar-refractivity contribution in [3.05, 3.63) is 69.8 Å². The number of fused-ring (bicyclic) bond motifs is 2. The Kier molecular flexibility index (Phi) is 30.9. The topological polar surface area (TPSA) is 152 Å². The van der Waals surface area contributed by atoms with Gasteiger partial charge in [0.2, 0.25) is 5.91 Å². The molecular weight excluding hydrogens is 1100 g/mol. The Morgan fingerprint density at radius 1 is 0.625 bits per heavy atom. The fraction of sp³-hybridized carbons (Fsp3) is 0.753. The maximum atomic E-state index is 14.9. The number of aromatic nitrogens is 3. The highest BCUT2D eigenvalue weighted by Crippen LogP contribution is 2.40. The van der Waals surface area contributed by atoms with Crippen LogP contribution in [0.5, 0.6) is 0 Å². The first-order valence-electron chi connectivity index (χ1n) is 35.8. The van der Waals surface area contributed by atoms with Gasteiger partial charge in [-0.2, -0.15) is 5.10 Å². The zero-order valence-corrected chi connectivity index (χ0v) is 55.8. The Balaban J connectivity index is 0.890. The van der Waals surface area contributed by atoms with Gasteiger partial charge in [-0.25, -0.2) is 9.48 Å². The van der Waals surface area contributed by atoms with Crippen LogP contribution >= 0.6 is 0 Å². The van der Waals surface area contributed by atoms with Crippen LogP contribution in [0, 0.1) is 5.41 Å². The van der Waals surface area contributed by atoms with Crippen molar-refractivity contribution in [2.45, 2.75) is 290 Å².